The first kappa shape index (κ1) is 12.1. The van der Waals surface area contributed by atoms with E-state index in [0.29, 0.717) is 12.3 Å². The van der Waals surface area contributed by atoms with Crippen molar-refractivity contribution in [1.29, 1.82) is 0 Å². The molecule has 84 valence electrons. The minimum absolute atomic E-state index is 0.147. The largest absolute Gasteiger partial charge is 0.449 e. The molecular weight excluding hydrogens is 188 g/mol. The summed E-state index contributed by atoms with van der Waals surface area (Å²) < 4.78 is 5.30. The molecule has 0 aromatic carbocycles. The Morgan fingerprint density at radius 1 is 1.47 bits per heavy atom. The van der Waals surface area contributed by atoms with Gasteiger partial charge < -0.3 is 4.74 Å². The van der Waals surface area contributed by atoms with Crippen LogP contribution in [0.1, 0.15) is 51.9 Å². The van der Waals surface area contributed by atoms with Gasteiger partial charge in [-0.15, -0.1) is 6.42 Å². The summed E-state index contributed by atoms with van der Waals surface area (Å²) in [7, 11) is 0. The van der Waals surface area contributed by atoms with E-state index in [1.54, 1.807) is 0 Å². The monoisotopic (exact) mass is 208 g/mol. The van der Waals surface area contributed by atoms with Crippen LogP contribution >= 0.6 is 0 Å². The van der Waals surface area contributed by atoms with Crippen molar-refractivity contribution < 1.29 is 9.53 Å². The summed E-state index contributed by atoms with van der Waals surface area (Å²) in [5.41, 5.74) is 0. The van der Waals surface area contributed by atoms with E-state index < -0.39 is 0 Å². The lowest BCUT2D eigenvalue weighted by atomic mass is 9.85. The number of hydrogen-bond acceptors (Lipinski definition) is 2. The number of ether oxygens (including phenoxy) is 1. The molecule has 0 saturated heterocycles. The minimum atomic E-state index is -0.288. The second-order valence-electron chi connectivity index (χ2n) is 4.23. The Labute approximate surface area is 92.4 Å². The van der Waals surface area contributed by atoms with Crippen molar-refractivity contribution in [3.05, 3.63) is 0 Å². The van der Waals surface area contributed by atoms with Gasteiger partial charge in [0.1, 0.15) is 0 Å². The lowest BCUT2D eigenvalue weighted by Crippen LogP contribution is -2.27. The zero-order chi connectivity index (χ0) is 11.1. The van der Waals surface area contributed by atoms with Crippen LogP contribution < -0.4 is 0 Å². The number of carbonyl (C=O) groups excluding carboxylic acids is 1. The third kappa shape index (κ3) is 3.95. The fourth-order valence-corrected chi connectivity index (χ4v) is 2.11. The highest BCUT2D eigenvalue weighted by Gasteiger charge is 2.24. The van der Waals surface area contributed by atoms with E-state index in [4.69, 9.17) is 11.2 Å². The number of terminal acetylenes is 1. The van der Waals surface area contributed by atoms with Gasteiger partial charge in [0.25, 0.3) is 0 Å². The van der Waals surface area contributed by atoms with Crippen LogP contribution in [0.3, 0.4) is 0 Å². The zero-order valence-electron chi connectivity index (χ0n) is 9.50. The molecule has 0 amide bonds. The van der Waals surface area contributed by atoms with Crippen molar-refractivity contribution in [1.82, 2.24) is 0 Å². The average molecular weight is 208 g/mol. The van der Waals surface area contributed by atoms with E-state index in [-0.39, 0.29) is 12.1 Å². The van der Waals surface area contributed by atoms with Gasteiger partial charge in [0.2, 0.25) is 0 Å². The maximum atomic E-state index is 11.3. The summed E-state index contributed by atoms with van der Waals surface area (Å²) in [6, 6.07) is 0. The third-order valence-corrected chi connectivity index (χ3v) is 2.95. The first-order chi connectivity index (χ1) is 7.27. The SMILES string of the molecule is C#CC(OC(=O)CCC)C1CCCCC1. The molecule has 2 nitrogen and oxygen atoms in total. The Morgan fingerprint density at radius 2 is 2.13 bits per heavy atom. The molecule has 1 aliphatic rings. The van der Waals surface area contributed by atoms with Gasteiger partial charge in [0.05, 0.1) is 0 Å². The minimum Gasteiger partial charge on any atom is -0.449 e. The standard InChI is InChI=1S/C13H20O2/c1-3-8-13(14)15-12(4-2)11-9-6-5-7-10-11/h2,11-12H,3,5-10H2,1H3. The molecule has 0 aromatic rings. The van der Waals surface area contributed by atoms with Crippen molar-refractivity contribution >= 4 is 5.97 Å². The van der Waals surface area contributed by atoms with Crippen LogP contribution in [0.25, 0.3) is 0 Å². The predicted octanol–water partition coefficient (Wildman–Crippen LogP) is 2.91. The maximum Gasteiger partial charge on any atom is 0.307 e. The smallest absolute Gasteiger partial charge is 0.307 e. The molecule has 1 atom stereocenters. The van der Waals surface area contributed by atoms with E-state index in [2.05, 4.69) is 5.92 Å². The molecule has 0 aliphatic heterocycles. The number of rotatable bonds is 4. The van der Waals surface area contributed by atoms with Gasteiger partial charge >= 0.3 is 5.97 Å². The fraction of sp³-hybridized carbons (Fsp3) is 0.769. The molecule has 1 saturated carbocycles. The van der Waals surface area contributed by atoms with Gasteiger partial charge in [-0.25, -0.2) is 0 Å². The Kier molecular flexibility index (Phi) is 5.25. The fourth-order valence-electron chi connectivity index (χ4n) is 2.11. The quantitative estimate of drug-likeness (QED) is 0.524. The molecule has 1 rings (SSSR count). The number of carbonyl (C=O) groups is 1. The highest BCUT2D eigenvalue weighted by Crippen LogP contribution is 2.27. The summed E-state index contributed by atoms with van der Waals surface area (Å²) >= 11 is 0. The van der Waals surface area contributed by atoms with Crippen LogP contribution in [0.5, 0.6) is 0 Å². The molecule has 0 heterocycles. The average Bonchev–Trinajstić information content (AvgIpc) is 2.27. The summed E-state index contributed by atoms with van der Waals surface area (Å²) in [5, 5.41) is 0. The highest BCUT2D eigenvalue weighted by atomic mass is 16.5. The summed E-state index contributed by atoms with van der Waals surface area (Å²) in [4.78, 5) is 11.3. The van der Waals surface area contributed by atoms with E-state index in [1.165, 1.54) is 19.3 Å². The van der Waals surface area contributed by atoms with Crippen molar-refractivity contribution in [3.63, 3.8) is 0 Å². The first-order valence-corrected chi connectivity index (χ1v) is 5.93. The van der Waals surface area contributed by atoms with E-state index >= 15 is 0 Å². The Morgan fingerprint density at radius 3 is 2.67 bits per heavy atom. The second kappa shape index (κ2) is 6.50. The molecular formula is C13H20O2. The topological polar surface area (TPSA) is 26.3 Å². The third-order valence-electron chi connectivity index (χ3n) is 2.95. The molecule has 15 heavy (non-hydrogen) atoms. The van der Waals surface area contributed by atoms with Gasteiger partial charge in [0.15, 0.2) is 6.10 Å². The van der Waals surface area contributed by atoms with Crippen LogP contribution in [0.4, 0.5) is 0 Å². The summed E-state index contributed by atoms with van der Waals surface area (Å²) in [6.07, 6.45) is 12.4. The first-order valence-electron chi connectivity index (χ1n) is 5.93. The van der Waals surface area contributed by atoms with Gasteiger partial charge in [-0.1, -0.05) is 32.1 Å². The molecule has 0 radical (unpaired) electrons. The number of esters is 1. The lowest BCUT2D eigenvalue weighted by Gasteiger charge is -2.26. The van der Waals surface area contributed by atoms with Crippen molar-refractivity contribution in [2.24, 2.45) is 5.92 Å². The Hall–Kier alpha value is -0.970. The van der Waals surface area contributed by atoms with E-state index in [1.807, 2.05) is 6.92 Å². The van der Waals surface area contributed by atoms with Crippen LogP contribution in [0, 0.1) is 18.3 Å². The maximum absolute atomic E-state index is 11.3. The van der Waals surface area contributed by atoms with Gasteiger partial charge in [-0.2, -0.15) is 0 Å². The Bertz CT molecular complexity index is 233. The lowest BCUT2D eigenvalue weighted by molar-refractivity contribution is -0.149. The van der Waals surface area contributed by atoms with Crippen LogP contribution in [0.2, 0.25) is 0 Å². The second-order valence-corrected chi connectivity index (χ2v) is 4.23. The van der Waals surface area contributed by atoms with Crippen molar-refractivity contribution in [2.75, 3.05) is 0 Å². The van der Waals surface area contributed by atoms with Crippen LogP contribution in [-0.4, -0.2) is 12.1 Å². The number of hydrogen-bond donors (Lipinski definition) is 0. The van der Waals surface area contributed by atoms with Crippen molar-refractivity contribution in [3.8, 4) is 12.3 Å². The normalized spacial score (nSPS) is 19.2. The molecule has 0 bridgehead atoms. The van der Waals surface area contributed by atoms with Gasteiger partial charge in [-0.3, -0.25) is 4.79 Å². The molecule has 1 fully saturated rings. The van der Waals surface area contributed by atoms with E-state index in [9.17, 15) is 4.79 Å². The predicted molar refractivity (Wildman–Crippen MR) is 60.2 cm³/mol. The highest BCUT2D eigenvalue weighted by molar-refractivity contribution is 5.69. The molecule has 2 heteroatoms. The molecule has 1 unspecified atom stereocenters. The Balaban J connectivity index is 2.41. The van der Waals surface area contributed by atoms with E-state index in [0.717, 1.165) is 19.3 Å². The molecule has 1 aliphatic carbocycles. The molecule has 0 aromatic heterocycles. The zero-order valence-corrected chi connectivity index (χ0v) is 9.50. The van der Waals surface area contributed by atoms with Crippen molar-refractivity contribution in [2.45, 2.75) is 58.0 Å². The van der Waals surface area contributed by atoms with Crippen LogP contribution in [0.15, 0.2) is 0 Å². The molecule has 0 spiro atoms. The summed E-state index contributed by atoms with van der Waals surface area (Å²) in [6.45, 7) is 1.97. The van der Waals surface area contributed by atoms with Crippen LogP contribution in [-0.2, 0) is 9.53 Å². The molecule has 0 N–H and O–H groups in total. The van der Waals surface area contributed by atoms with Gasteiger partial charge in [-0.05, 0) is 19.3 Å². The van der Waals surface area contributed by atoms with Gasteiger partial charge in [0, 0.05) is 12.3 Å². The summed E-state index contributed by atoms with van der Waals surface area (Å²) in [5.74, 6) is 2.86.